The molecule has 2 atom stereocenters. The maximum Gasteiger partial charge on any atom is 0.347 e. The Hall–Kier alpha value is -3.42. The van der Waals surface area contributed by atoms with Crippen LogP contribution in [0.3, 0.4) is 0 Å². The van der Waals surface area contributed by atoms with Crippen LogP contribution in [0.15, 0.2) is 48.5 Å². The molecule has 2 rings (SSSR count). The quantitative estimate of drug-likeness (QED) is 0.406. The molecule has 0 radical (unpaired) electrons. The van der Waals surface area contributed by atoms with E-state index in [1.54, 1.807) is 76.6 Å². The zero-order valence-electron chi connectivity index (χ0n) is 17.5. The van der Waals surface area contributed by atoms with E-state index >= 15 is 0 Å². The lowest BCUT2D eigenvalue weighted by molar-refractivity contribution is -0.159. The third kappa shape index (κ3) is 7.20. The Kier molecular flexibility index (Phi) is 8.80. The number of hydrogen-bond acceptors (Lipinski definition) is 8. The summed E-state index contributed by atoms with van der Waals surface area (Å²) < 4.78 is 31.3. The maximum absolute atomic E-state index is 12.0. The summed E-state index contributed by atoms with van der Waals surface area (Å²) >= 11 is 0. The lowest BCUT2D eigenvalue weighted by atomic mass is 10.3. The highest BCUT2D eigenvalue weighted by Gasteiger charge is 2.19. The van der Waals surface area contributed by atoms with Crippen LogP contribution in [0.5, 0.6) is 23.0 Å². The second kappa shape index (κ2) is 11.5. The normalized spacial score (nSPS) is 12.3. The molecule has 2 aromatic carbocycles. The van der Waals surface area contributed by atoms with Gasteiger partial charge in [-0.3, -0.25) is 0 Å². The van der Waals surface area contributed by atoms with E-state index in [0.29, 0.717) is 23.0 Å². The fraction of sp³-hybridized carbons (Fsp3) is 0.364. The van der Waals surface area contributed by atoms with Crippen LogP contribution in [-0.2, 0) is 19.1 Å². The van der Waals surface area contributed by atoms with E-state index < -0.39 is 24.1 Å². The lowest BCUT2D eigenvalue weighted by Crippen LogP contribution is -2.29. The highest BCUT2D eigenvalue weighted by molar-refractivity contribution is 5.75. The van der Waals surface area contributed by atoms with Crippen molar-refractivity contribution in [2.45, 2.75) is 26.1 Å². The molecule has 162 valence electrons. The van der Waals surface area contributed by atoms with E-state index in [0.717, 1.165) is 0 Å². The summed E-state index contributed by atoms with van der Waals surface area (Å²) in [5.41, 5.74) is 0. The van der Waals surface area contributed by atoms with Crippen LogP contribution in [-0.4, -0.2) is 51.6 Å². The van der Waals surface area contributed by atoms with E-state index in [2.05, 4.69) is 0 Å². The van der Waals surface area contributed by atoms with Crippen molar-refractivity contribution in [1.82, 2.24) is 0 Å². The largest absolute Gasteiger partial charge is 0.497 e. The topological polar surface area (TPSA) is 89.5 Å². The van der Waals surface area contributed by atoms with Crippen molar-refractivity contribution in [1.29, 1.82) is 0 Å². The first-order chi connectivity index (χ1) is 14.4. The van der Waals surface area contributed by atoms with Gasteiger partial charge in [-0.15, -0.1) is 0 Å². The maximum atomic E-state index is 12.0. The standard InChI is InChI=1S/C22H26O8/c1-15(29-19-9-5-17(25-3)6-10-19)21(23)27-13-14-28-22(24)16(2)30-20-11-7-18(26-4)8-12-20/h5-12,15-16H,13-14H2,1-4H3. The van der Waals surface area contributed by atoms with Gasteiger partial charge in [-0.05, 0) is 62.4 Å². The highest BCUT2D eigenvalue weighted by Crippen LogP contribution is 2.19. The van der Waals surface area contributed by atoms with Crippen LogP contribution in [0.2, 0.25) is 0 Å². The molecule has 0 fully saturated rings. The minimum atomic E-state index is -0.813. The third-order valence-corrected chi connectivity index (χ3v) is 3.98. The zero-order valence-corrected chi connectivity index (χ0v) is 17.5. The van der Waals surface area contributed by atoms with Gasteiger partial charge in [-0.1, -0.05) is 0 Å². The van der Waals surface area contributed by atoms with Gasteiger partial charge in [-0.25, -0.2) is 9.59 Å². The molecule has 2 aromatic rings. The Labute approximate surface area is 175 Å². The molecule has 0 spiro atoms. The van der Waals surface area contributed by atoms with Crippen LogP contribution < -0.4 is 18.9 Å². The van der Waals surface area contributed by atoms with Crippen molar-refractivity contribution in [2.75, 3.05) is 27.4 Å². The van der Waals surface area contributed by atoms with Gasteiger partial charge < -0.3 is 28.4 Å². The fourth-order valence-electron chi connectivity index (χ4n) is 2.33. The molecule has 0 heterocycles. The minimum absolute atomic E-state index is 0.0872. The molecule has 8 heteroatoms. The Morgan fingerprint density at radius 2 is 0.933 bits per heavy atom. The molecule has 0 saturated heterocycles. The molecule has 8 nitrogen and oxygen atoms in total. The molecular formula is C22H26O8. The van der Waals surface area contributed by atoms with E-state index in [9.17, 15) is 9.59 Å². The molecular weight excluding hydrogens is 392 g/mol. The number of carbonyl (C=O) groups is 2. The predicted molar refractivity (Wildman–Crippen MR) is 108 cm³/mol. The van der Waals surface area contributed by atoms with Gasteiger partial charge in [0.25, 0.3) is 0 Å². The summed E-state index contributed by atoms with van der Waals surface area (Å²) in [6.07, 6.45) is -1.63. The van der Waals surface area contributed by atoms with Gasteiger partial charge in [0.15, 0.2) is 12.2 Å². The first-order valence-corrected chi connectivity index (χ1v) is 9.37. The van der Waals surface area contributed by atoms with Crippen molar-refractivity contribution in [3.05, 3.63) is 48.5 Å². The molecule has 0 aliphatic rings. The van der Waals surface area contributed by atoms with Crippen LogP contribution in [0.1, 0.15) is 13.8 Å². The second-order valence-corrected chi connectivity index (χ2v) is 6.21. The molecule has 2 unspecified atom stereocenters. The van der Waals surface area contributed by atoms with Crippen molar-refractivity contribution in [3.8, 4) is 23.0 Å². The zero-order chi connectivity index (χ0) is 21.9. The van der Waals surface area contributed by atoms with Gasteiger partial charge in [0, 0.05) is 0 Å². The predicted octanol–water partition coefficient (Wildman–Crippen LogP) is 3.03. The van der Waals surface area contributed by atoms with Gasteiger partial charge in [-0.2, -0.15) is 0 Å². The summed E-state index contributed by atoms with van der Waals surface area (Å²) in [5, 5.41) is 0. The summed E-state index contributed by atoms with van der Waals surface area (Å²) in [6.45, 7) is 2.97. The van der Waals surface area contributed by atoms with Crippen LogP contribution >= 0.6 is 0 Å². The Morgan fingerprint density at radius 3 is 1.23 bits per heavy atom. The Morgan fingerprint density at radius 1 is 0.633 bits per heavy atom. The molecule has 0 amide bonds. The monoisotopic (exact) mass is 418 g/mol. The first kappa shape index (κ1) is 22.9. The molecule has 0 aliphatic carbocycles. The average Bonchev–Trinajstić information content (AvgIpc) is 2.77. The van der Waals surface area contributed by atoms with Gasteiger partial charge in [0.05, 0.1) is 14.2 Å². The molecule has 30 heavy (non-hydrogen) atoms. The second-order valence-electron chi connectivity index (χ2n) is 6.21. The number of carbonyl (C=O) groups excluding carboxylic acids is 2. The van der Waals surface area contributed by atoms with E-state index in [-0.39, 0.29) is 13.2 Å². The number of methoxy groups -OCH3 is 2. The van der Waals surface area contributed by atoms with Crippen molar-refractivity contribution in [3.63, 3.8) is 0 Å². The molecule has 0 saturated carbocycles. The van der Waals surface area contributed by atoms with Gasteiger partial charge >= 0.3 is 11.9 Å². The Balaban J connectivity index is 1.67. The number of rotatable bonds is 11. The SMILES string of the molecule is COc1ccc(OC(C)C(=O)OCCOC(=O)C(C)Oc2ccc(OC)cc2)cc1. The summed E-state index contributed by atoms with van der Waals surface area (Å²) in [4.78, 5) is 24.0. The number of hydrogen-bond donors (Lipinski definition) is 0. The highest BCUT2D eigenvalue weighted by atomic mass is 16.6. The smallest absolute Gasteiger partial charge is 0.347 e. The lowest BCUT2D eigenvalue weighted by Gasteiger charge is -2.16. The third-order valence-electron chi connectivity index (χ3n) is 3.98. The van der Waals surface area contributed by atoms with Gasteiger partial charge in [0.1, 0.15) is 36.2 Å². The molecule has 0 aromatic heterocycles. The van der Waals surface area contributed by atoms with Gasteiger partial charge in [0.2, 0.25) is 0 Å². The first-order valence-electron chi connectivity index (χ1n) is 9.37. The minimum Gasteiger partial charge on any atom is -0.497 e. The molecule has 0 bridgehead atoms. The van der Waals surface area contributed by atoms with E-state index in [1.807, 2.05) is 0 Å². The average molecular weight is 418 g/mol. The summed E-state index contributed by atoms with van der Waals surface area (Å²) in [5.74, 6) is 1.26. The van der Waals surface area contributed by atoms with Crippen LogP contribution in [0.25, 0.3) is 0 Å². The van der Waals surface area contributed by atoms with Crippen molar-refractivity contribution >= 4 is 11.9 Å². The summed E-state index contributed by atoms with van der Waals surface area (Å²) in [7, 11) is 3.13. The van der Waals surface area contributed by atoms with Crippen LogP contribution in [0.4, 0.5) is 0 Å². The fourth-order valence-corrected chi connectivity index (χ4v) is 2.33. The van der Waals surface area contributed by atoms with E-state index in [4.69, 9.17) is 28.4 Å². The number of esters is 2. The van der Waals surface area contributed by atoms with Crippen LogP contribution in [0, 0.1) is 0 Å². The number of benzene rings is 2. The Bertz CT molecular complexity index is 731. The van der Waals surface area contributed by atoms with E-state index in [1.165, 1.54) is 0 Å². The van der Waals surface area contributed by atoms with Crippen molar-refractivity contribution in [2.24, 2.45) is 0 Å². The molecule has 0 N–H and O–H groups in total. The van der Waals surface area contributed by atoms with Crippen molar-refractivity contribution < 1.29 is 38.0 Å². The molecule has 0 aliphatic heterocycles. The number of ether oxygens (including phenoxy) is 6. The summed E-state index contributed by atoms with van der Waals surface area (Å²) in [6, 6.07) is 13.7.